The lowest BCUT2D eigenvalue weighted by Crippen LogP contribution is -1.94. The molecule has 0 amide bonds. The normalized spacial score (nSPS) is 16.3. The van der Waals surface area contributed by atoms with Gasteiger partial charge in [0.1, 0.15) is 0 Å². The highest BCUT2D eigenvalue weighted by atomic mass is 16.4. The van der Waals surface area contributed by atoms with E-state index in [-0.39, 0.29) is 12.2 Å². The van der Waals surface area contributed by atoms with E-state index in [0.29, 0.717) is 19.3 Å². The van der Waals surface area contributed by atoms with E-state index in [4.69, 9.17) is 5.11 Å². The van der Waals surface area contributed by atoms with Crippen LogP contribution in [0.4, 0.5) is 0 Å². The second kappa shape index (κ2) is 5.37. The van der Waals surface area contributed by atoms with Crippen LogP contribution in [0.25, 0.3) is 0 Å². The first-order valence-electron chi connectivity index (χ1n) is 4.79. The smallest absolute Gasteiger partial charge is 0.303 e. The molecule has 0 saturated heterocycles. The number of carboxylic acid groups (broad SMARTS) is 1. The van der Waals surface area contributed by atoms with E-state index in [1.54, 1.807) is 0 Å². The van der Waals surface area contributed by atoms with Gasteiger partial charge in [0.05, 0.1) is 0 Å². The van der Waals surface area contributed by atoms with Crippen molar-refractivity contribution in [2.75, 3.05) is 0 Å². The minimum Gasteiger partial charge on any atom is -0.481 e. The zero-order valence-corrected chi connectivity index (χ0v) is 8.03. The van der Waals surface area contributed by atoms with Gasteiger partial charge in [-0.2, -0.15) is 0 Å². The molecular weight excluding hydrogens is 180 g/mol. The summed E-state index contributed by atoms with van der Waals surface area (Å²) >= 11 is 0. The fourth-order valence-corrected chi connectivity index (χ4v) is 1.38. The minimum atomic E-state index is -0.786. The summed E-state index contributed by atoms with van der Waals surface area (Å²) in [6.07, 6.45) is 8.50. The van der Waals surface area contributed by atoms with Crippen molar-refractivity contribution in [3.05, 3.63) is 23.8 Å². The molecule has 0 aromatic rings. The first kappa shape index (κ1) is 10.7. The van der Waals surface area contributed by atoms with Gasteiger partial charge >= 0.3 is 5.97 Å². The number of allylic oxidation sites excluding steroid dienone is 4. The monoisotopic (exact) mass is 194 g/mol. The molecule has 1 aliphatic rings. The minimum absolute atomic E-state index is 0.156. The molecule has 1 N–H and O–H groups in total. The molecule has 3 heteroatoms. The van der Waals surface area contributed by atoms with Crippen molar-refractivity contribution in [1.29, 1.82) is 0 Å². The summed E-state index contributed by atoms with van der Waals surface area (Å²) in [7, 11) is 0. The summed E-state index contributed by atoms with van der Waals surface area (Å²) in [5.74, 6) is -0.557. The van der Waals surface area contributed by atoms with Crippen molar-refractivity contribution in [3.63, 3.8) is 0 Å². The van der Waals surface area contributed by atoms with Gasteiger partial charge in [-0.1, -0.05) is 18.2 Å². The molecule has 0 unspecified atom stereocenters. The average molecular weight is 194 g/mol. The molecule has 0 atom stereocenters. The fourth-order valence-electron chi connectivity index (χ4n) is 1.38. The van der Waals surface area contributed by atoms with E-state index in [1.165, 1.54) is 0 Å². The Kier molecular flexibility index (Phi) is 4.11. The van der Waals surface area contributed by atoms with Gasteiger partial charge in [-0.05, 0) is 24.8 Å². The first-order chi connectivity index (χ1) is 6.70. The fraction of sp³-hybridized carbons (Fsp3) is 0.455. The number of carbonyl (C=O) groups excluding carboxylic acids is 1. The Balaban J connectivity index is 2.20. The summed E-state index contributed by atoms with van der Waals surface area (Å²) in [5.41, 5.74) is 0.872. The van der Waals surface area contributed by atoms with Gasteiger partial charge in [-0.15, -0.1) is 0 Å². The third-order valence-electron chi connectivity index (χ3n) is 2.15. The summed E-state index contributed by atoms with van der Waals surface area (Å²) in [5, 5.41) is 8.37. The number of carboxylic acids is 1. The Bertz CT molecular complexity index is 287. The number of carbonyl (C=O) groups is 2. The van der Waals surface area contributed by atoms with Crippen LogP contribution in [0, 0.1) is 0 Å². The molecule has 0 fully saturated rings. The highest BCUT2D eigenvalue weighted by molar-refractivity contribution is 5.97. The van der Waals surface area contributed by atoms with E-state index in [1.807, 2.05) is 18.2 Å². The Labute approximate surface area is 83.1 Å². The number of hydrogen-bond donors (Lipinski definition) is 1. The van der Waals surface area contributed by atoms with Gasteiger partial charge < -0.3 is 5.11 Å². The molecule has 1 aliphatic carbocycles. The number of rotatable bonds is 5. The standard InChI is InChI=1S/C11H14O3/c12-10-7-4-6-9(10)5-2-1-3-8-11(13)14/h1-2,6H,3-5,7-8H2,(H,13,14)/b2-1+. The second-order valence-electron chi connectivity index (χ2n) is 3.30. The maximum atomic E-state index is 11.1. The summed E-state index contributed by atoms with van der Waals surface area (Å²) in [6, 6.07) is 0. The number of hydrogen-bond acceptors (Lipinski definition) is 2. The summed E-state index contributed by atoms with van der Waals surface area (Å²) in [4.78, 5) is 21.3. The van der Waals surface area contributed by atoms with Crippen LogP contribution in [0.1, 0.15) is 32.1 Å². The predicted octanol–water partition coefficient (Wildman–Crippen LogP) is 2.09. The third kappa shape index (κ3) is 3.56. The van der Waals surface area contributed by atoms with Crippen LogP contribution in [0.15, 0.2) is 23.8 Å². The molecule has 0 spiro atoms. The van der Waals surface area contributed by atoms with Gasteiger partial charge in [-0.3, -0.25) is 9.59 Å². The molecule has 1 rings (SSSR count). The molecule has 14 heavy (non-hydrogen) atoms. The summed E-state index contributed by atoms with van der Waals surface area (Å²) < 4.78 is 0. The van der Waals surface area contributed by atoms with E-state index in [9.17, 15) is 9.59 Å². The lowest BCUT2D eigenvalue weighted by Gasteiger charge is -1.93. The number of aliphatic carboxylic acids is 1. The molecule has 0 aromatic heterocycles. The Morgan fingerprint density at radius 3 is 2.86 bits per heavy atom. The molecule has 0 aromatic carbocycles. The third-order valence-corrected chi connectivity index (χ3v) is 2.15. The first-order valence-corrected chi connectivity index (χ1v) is 4.79. The van der Waals surface area contributed by atoms with Crippen molar-refractivity contribution in [2.24, 2.45) is 0 Å². The topological polar surface area (TPSA) is 54.4 Å². The van der Waals surface area contributed by atoms with Gasteiger partial charge in [-0.25, -0.2) is 0 Å². The Morgan fingerprint density at radius 1 is 1.50 bits per heavy atom. The van der Waals surface area contributed by atoms with Crippen LogP contribution in [-0.2, 0) is 9.59 Å². The molecular formula is C11H14O3. The van der Waals surface area contributed by atoms with Gasteiger partial charge in [0.25, 0.3) is 0 Å². The van der Waals surface area contributed by atoms with Crippen LogP contribution < -0.4 is 0 Å². The highest BCUT2D eigenvalue weighted by Gasteiger charge is 2.12. The van der Waals surface area contributed by atoms with Crippen LogP contribution in [0.3, 0.4) is 0 Å². The van der Waals surface area contributed by atoms with Crippen molar-refractivity contribution >= 4 is 11.8 Å². The molecule has 0 saturated carbocycles. The lowest BCUT2D eigenvalue weighted by atomic mass is 10.1. The average Bonchev–Trinajstić information content (AvgIpc) is 2.51. The number of ketones is 1. The highest BCUT2D eigenvalue weighted by Crippen LogP contribution is 2.17. The molecule has 0 aliphatic heterocycles. The van der Waals surface area contributed by atoms with Crippen molar-refractivity contribution in [1.82, 2.24) is 0 Å². The van der Waals surface area contributed by atoms with Crippen LogP contribution in [0.5, 0.6) is 0 Å². The Hall–Kier alpha value is -1.38. The van der Waals surface area contributed by atoms with E-state index in [2.05, 4.69) is 0 Å². The lowest BCUT2D eigenvalue weighted by molar-refractivity contribution is -0.136. The van der Waals surface area contributed by atoms with Crippen molar-refractivity contribution in [2.45, 2.75) is 32.1 Å². The molecule has 3 nitrogen and oxygen atoms in total. The van der Waals surface area contributed by atoms with E-state index < -0.39 is 5.97 Å². The zero-order valence-electron chi connectivity index (χ0n) is 8.03. The summed E-state index contributed by atoms with van der Waals surface area (Å²) in [6.45, 7) is 0. The van der Waals surface area contributed by atoms with Gasteiger partial charge in [0, 0.05) is 12.8 Å². The van der Waals surface area contributed by atoms with Crippen LogP contribution in [-0.4, -0.2) is 16.9 Å². The molecule has 0 radical (unpaired) electrons. The number of Topliss-reactive ketones (excluding diaryl/α,β-unsaturated/α-hetero) is 1. The molecule has 0 heterocycles. The molecule has 76 valence electrons. The van der Waals surface area contributed by atoms with E-state index >= 15 is 0 Å². The quantitative estimate of drug-likeness (QED) is 0.682. The van der Waals surface area contributed by atoms with E-state index in [0.717, 1.165) is 12.0 Å². The predicted molar refractivity (Wildman–Crippen MR) is 53.0 cm³/mol. The largest absolute Gasteiger partial charge is 0.481 e. The maximum Gasteiger partial charge on any atom is 0.303 e. The van der Waals surface area contributed by atoms with Gasteiger partial charge in [0.15, 0.2) is 5.78 Å². The SMILES string of the molecule is O=C(O)CC/C=C/CC1=CCCC1=O. The van der Waals surface area contributed by atoms with Gasteiger partial charge in [0.2, 0.25) is 0 Å². The Morgan fingerprint density at radius 2 is 2.29 bits per heavy atom. The van der Waals surface area contributed by atoms with Crippen molar-refractivity contribution in [3.8, 4) is 0 Å². The zero-order chi connectivity index (χ0) is 10.4. The molecule has 0 bridgehead atoms. The second-order valence-corrected chi connectivity index (χ2v) is 3.30. The maximum absolute atomic E-state index is 11.1. The van der Waals surface area contributed by atoms with Crippen molar-refractivity contribution < 1.29 is 14.7 Å². The van der Waals surface area contributed by atoms with Crippen LogP contribution in [0.2, 0.25) is 0 Å². The van der Waals surface area contributed by atoms with Crippen LogP contribution >= 0.6 is 0 Å².